The van der Waals surface area contributed by atoms with Crippen molar-refractivity contribution in [3.63, 3.8) is 0 Å². The third kappa shape index (κ3) is 3.46. The molecular weight excluding hydrogens is 262 g/mol. The molecule has 2 heterocycles. The van der Waals surface area contributed by atoms with Crippen molar-refractivity contribution >= 4 is 11.6 Å². The number of nitrogens with zero attached hydrogens (tertiary/aromatic N) is 4. The molecule has 1 aromatic rings. The fraction of sp³-hybridized carbons (Fsp3) is 0.750. The summed E-state index contributed by atoms with van der Waals surface area (Å²) in [6, 6.07) is 0.650. The number of hydrogen-bond donors (Lipinski definition) is 1. The zero-order valence-corrected chi connectivity index (χ0v) is 14.1. The van der Waals surface area contributed by atoms with Crippen LogP contribution in [0.25, 0.3) is 0 Å². The third-order valence-corrected chi connectivity index (χ3v) is 4.37. The zero-order valence-electron chi connectivity index (χ0n) is 14.1. The molecular formula is C16H29N5. The molecule has 0 radical (unpaired) electrons. The van der Waals surface area contributed by atoms with Gasteiger partial charge in [0.25, 0.3) is 0 Å². The van der Waals surface area contributed by atoms with Crippen molar-refractivity contribution in [3.8, 4) is 0 Å². The van der Waals surface area contributed by atoms with Crippen molar-refractivity contribution in [3.05, 3.63) is 11.4 Å². The molecule has 1 aliphatic heterocycles. The standard InChI is InChI=1S/C16H29N5/c1-6-17-15-12(4)16(19-13(5)18-15)21-10-9-14(11-21)20(7-2)8-3/h14H,6-11H2,1-5H3,(H,17,18,19). The summed E-state index contributed by atoms with van der Waals surface area (Å²) in [6.45, 7) is 16.0. The molecule has 118 valence electrons. The third-order valence-electron chi connectivity index (χ3n) is 4.37. The predicted molar refractivity (Wildman–Crippen MR) is 89.2 cm³/mol. The van der Waals surface area contributed by atoms with E-state index in [1.165, 1.54) is 12.0 Å². The highest BCUT2D eigenvalue weighted by Gasteiger charge is 2.28. The lowest BCUT2D eigenvalue weighted by molar-refractivity contribution is 0.232. The molecule has 2 rings (SSSR count). The molecule has 0 amide bonds. The van der Waals surface area contributed by atoms with Crippen LogP contribution in [0.2, 0.25) is 0 Å². The first kappa shape index (κ1) is 16.0. The van der Waals surface area contributed by atoms with Crippen LogP contribution in [-0.2, 0) is 0 Å². The van der Waals surface area contributed by atoms with Gasteiger partial charge in [0.2, 0.25) is 0 Å². The fourth-order valence-electron chi connectivity index (χ4n) is 3.23. The van der Waals surface area contributed by atoms with Gasteiger partial charge in [-0.05, 0) is 40.3 Å². The van der Waals surface area contributed by atoms with Crippen molar-refractivity contribution in [2.75, 3.05) is 42.9 Å². The summed E-state index contributed by atoms with van der Waals surface area (Å²) in [4.78, 5) is 14.2. The molecule has 1 aromatic heterocycles. The van der Waals surface area contributed by atoms with Crippen LogP contribution in [0.4, 0.5) is 11.6 Å². The summed E-state index contributed by atoms with van der Waals surface area (Å²) in [6.07, 6.45) is 1.22. The van der Waals surface area contributed by atoms with Gasteiger partial charge in [0, 0.05) is 31.2 Å². The Morgan fingerprint density at radius 3 is 2.52 bits per heavy atom. The quantitative estimate of drug-likeness (QED) is 0.872. The van der Waals surface area contributed by atoms with Crippen LogP contribution < -0.4 is 10.2 Å². The van der Waals surface area contributed by atoms with Crippen LogP contribution in [0.15, 0.2) is 0 Å². The van der Waals surface area contributed by atoms with E-state index in [4.69, 9.17) is 4.98 Å². The first-order valence-corrected chi connectivity index (χ1v) is 8.18. The van der Waals surface area contributed by atoms with Crippen molar-refractivity contribution in [1.29, 1.82) is 0 Å². The Hall–Kier alpha value is -1.36. The largest absolute Gasteiger partial charge is 0.370 e. The second-order valence-electron chi connectivity index (χ2n) is 5.71. The monoisotopic (exact) mass is 291 g/mol. The first-order chi connectivity index (χ1) is 10.1. The van der Waals surface area contributed by atoms with E-state index in [-0.39, 0.29) is 0 Å². The van der Waals surface area contributed by atoms with E-state index in [9.17, 15) is 0 Å². The second-order valence-corrected chi connectivity index (χ2v) is 5.71. The summed E-state index contributed by atoms with van der Waals surface area (Å²) in [5, 5.41) is 3.35. The molecule has 0 saturated carbocycles. The normalized spacial score (nSPS) is 18.6. The molecule has 1 unspecified atom stereocenters. The molecule has 0 aromatic carbocycles. The smallest absolute Gasteiger partial charge is 0.137 e. The predicted octanol–water partition coefficient (Wildman–Crippen LogP) is 2.45. The van der Waals surface area contributed by atoms with E-state index in [0.717, 1.165) is 50.2 Å². The van der Waals surface area contributed by atoms with Gasteiger partial charge in [-0.3, -0.25) is 4.90 Å². The van der Waals surface area contributed by atoms with Crippen LogP contribution in [-0.4, -0.2) is 53.6 Å². The van der Waals surface area contributed by atoms with Crippen molar-refractivity contribution in [1.82, 2.24) is 14.9 Å². The Kier molecular flexibility index (Phi) is 5.39. The number of aromatic nitrogens is 2. The summed E-state index contributed by atoms with van der Waals surface area (Å²) < 4.78 is 0. The van der Waals surface area contributed by atoms with Crippen molar-refractivity contribution < 1.29 is 0 Å². The highest BCUT2D eigenvalue weighted by Crippen LogP contribution is 2.27. The average Bonchev–Trinajstić information content (AvgIpc) is 2.93. The SMILES string of the molecule is CCNc1nc(C)nc(N2CCC(N(CC)CC)C2)c1C. The summed E-state index contributed by atoms with van der Waals surface area (Å²) in [5.41, 5.74) is 1.17. The van der Waals surface area contributed by atoms with Gasteiger partial charge in [-0.2, -0.15) is 0 Å². The molecule has 1 atom stereocenters. The molecule has 1 N–H and O–H groups in total. The van der Waals surface area contributed by atoms with Crippen LogP contribution in [0.1, 0.15) is 38.6 Å². The number of anilines is 2. The van der Waals surface area contributed by atoms with E-state index < -0.39 is 0 Å². The Morgan fingerprint density at radius 1 is 1.19 bits per heavy atom. The molecule has 0 bridgehead atoms. The van der Waals surface area contributed by atoms with Crippen molar-refractivity contribution in [2.24, 2.45) is 0 Å². The van der Waals surface area contributed by atoms with Crippen LogP contribution in [0.5, 0.6) is 0 Å². The Balaban J connectivity index is 2.19. The van der Waals surface area contributed by atoms with Gasteiger partial charge in [0.05, 0.1) is 0 Å². The van der Waals surface area contributed by atoms with Gasteiger partial charge in [-0.15, -0.1) is 0 Å². The minimum absolute atomic E-state index is 0.650. The van der Waals surface area contributed by atoms with Gasteiger partial charge in [0.1, 0.15) is 17.5 Å². The molecule has 5 nitrogen and oxygen atoms in total. The number of rotatable bonds is 6. The summed E-state index contributed by atoms with van der Waals surface area (Å²) >= 11 is 0. The van der Waals surface area contributed by atoms with Gasteiger partial charge >= 0.3 is 0 Å². The molecule has 21 heavy (non-hydrogen) atoms. The van der Waals surface area contributed by atoms with Crippen LogP contribution >= 0.6 is 0 Å². The maximum atomic E-state index is 4.70. The minimum atomic E-state index is 0.650. The summed E-state index contributed by atoms with van der Waals surface area (Å²) in [5.74, 6) is 2.93. The van der Waals surface area contributed by atoms with E-state index in [0.29, 0.717) is 6.04 Å². The molecule has 1 saturated heterocycles. The van der Waals surface area contributed by atoms with E-state index in [2.05, 4.69) is 47.8 Å². The Bertz CT molecular complexity index is 470. The second kappa shape index (κ2) is 7.07. The number of aryl methyl sites for hydroxylation is 1. The average molecular weight is 291 g/mol. The fourth-order valence-corrected chi connectivity index (χ4v) is 3.23. The van der Waals surface area contributed by atoms with Gasteiger partial charge in [-0.1, -0.05) is 13.8 Å². The number of hydrogen-bond acceptors (Lipinski definition) is 5. The Labute approximate surface area is 128 Å². The van der Waals surface area contributed by atoms with Crippen LogP contribution in [0, 0.1) is 13.8 Å². The van der Waals surface area contributed by atoms with E-state index >= 15 is 0 Å². The van der Waals surface area contributed by atoms with Gasteiger partial charge in [-0.25, -0.2) is 9.97 Å². The van der Waals surface area contributed by atoms with E-state index in [1.54, 1.807) is 0 Å². The maximum absolute atomic E-state index is 4.70. The lowest BCUT2D eigenvalue weighted by atomic mass is 10.2. The van der Waals surface area contributed by atoms with E-state index in [1.807, 2.05) is 6.92 Å². The maximum Gasteiger partial charge on any atom is 0.137 e. The zero-order chi connectivity index (χ0) is 15.4. The highest BCUT2D eigenvalue weighted by atomic mass is 15.3. The minimum Gasteiger partial charge on any atom is -0.370 e. The number of nitrogens with one attached hydrogen (secondary N) is 1. The molecule has 5 heteroatoms. The summed E-state index contributed by atoms with van der Waals surface area (Å²) in [7, 11) is 0. The lowest BCUT2D eigenvalue weighted by Crippen LogP contribution is -2.37. The molecule has 1 fully saturated rings. The number of likely N-dealkylation sites (N-methyl/N-ethyl adjacent to an activating group) is 1. The van der Waals surface area contributed by atoms with Gasteiger partial charge in [0.15, 0.2) is 0 Å². The Morgan fingerprint density at radius 2 is 1.90 bits per heavy atom. The van der Waals surface area contributed by atoms with Gasteiger partial charge < -0.3 is 10.2 Å². The molecule has 0 aliphatic carbocycles. The van der Waals surface area contributed by atoms with Crippen molar-refractivity contribution in [2.45, 2.75) is 47.1 Å². The topological polar surface area (TPSA) is 44.3 Å². The molecule has 1 aliphatic rings. The highest BCUT2D eigenvalue weighted by molar-refractivity contribution is 5.59. The molecule has 0 spiro atoms. The van der Waals surface area contributed by atoms with Crippen LogP contribution in [0.3, 0.4) is 0 Å². The lowest BCUT2D eigenvalue weighted by Gasteiger charge is -2.27. The first-order valence-electron chi connectivity index (χ1n) is 8.18.